The van der Waals surface area contributed by atoms with Crippen molar-refractivity contribution in [1.82, 2.24) is 0 Å². The molecule has 264 valence electrons. The summed E-state index contributed by atoms with van der Waals surface area (Å²) in [7, 11) is 0. The summed E-state index contributed by atoms with van der Waals surface area (Å²) in [5, 5.41) is 0. The van der Waals surface area contributed by atoms with Gasteiger partial charge in [-0.05, 0) is 0 Å². The van der Waals surface area contributed by atoms with Crippen molar-refractivity contribution in [3.05, 3.63) is 0 Å². The number of carbonyl (C=O) groups is 8. The monoisotopic (exact) mass is 682 g/mol. The third kappa shape index (κ3) is 12.1. The van der Waals surface area contributed by atoms with E-state index in [-0.39, 0.29) is 0 Å². The van der Waals surface area contributed by atoms with E-state index in [2.05, 4.69) is 0 Å². The summed E-state index contributed by atoms with van der Waals surface area (Å²) in [5.74, 6) is -8.66. The van der Waals surface area contributed by atoms with Gasteiger partial charge in [0.15, 0.2) is 30.7 Å². The Hall–Kier alpha value is -4.36. The molecule has 19 nitrogen and oxygen atoms in total. The minimum absolute atomic E-state index is 0.711. The fourth-order valence-electron chi connectivity index (χ4n) is 4.59. The fourth-order valence-corrected chi connectivity index (χ4v) is 4.59. The van der Waals surface area contributed by atoms with E-state index in [1.807, 2.05) is 0 Å². The highest BCUT2D eigenvalue weighted by Gasteiger charge is 2.58. The van der Waals surface area contributed by atoms with Crippen LogP contribution in [-0.2, 0) is 90.5 Å². The van der Waals surface area contributed by atoms with Gasteiger partial charge in [-0.25, -0.2) is 0 Å². The maximum absolute atomic E-state index is 12.5. The summed E-state index contributed by atoms with van der Waals surface area (Å²) in [6, 6.07) is 0. The van der Waals surface area contributed by atoms with Crippen LogP contribution >= 0.6 is 0 Å². The molecule has 1 unspecified atom stereocenters. The van der Waals surface area contributed by atoms with Crippen LogP contribution in [0.4, 0.5) is 0 Å². The number of hydrogen-bond donors (Lipinski definition) is 0. The van der Waals surface area contributed by atoms with E-state index >= 15 is 0 Å². The van der Waals surface area contributed by atoms with E-state index in [4.69, 9.17) is 57.6 Å². The molecule has 2 rings (SSSR count). The summed E-state index contributed by atoms with van der Waals surface area (Å²) in [6.45, 7) is -1.51. The first-order chi connectivity index (χ1) is 24.0. The molecule has 0 N–H and O–H groups in total. The quantitative estimate of drug-likeness (QED) is 0.180. The Labute approximate surface area is 274 Å². The molecule has 0 bridgehead atoms. The maximum Gasteiger partial charge on any atom is 0.305 e. The molecule has 0 aromatic carbocycles. The lowest BCUT2D eigenvalue weighted by Crippen LogP contribution is -2.67. The second kappa shape index (κ2) is 17.5. The zero-order valence-corrected chi connectivity index (χ0v) is 25.8. The molecule has 0 aromatic rings. The Morgan fingerprint density at radius 3 is 1.34 bits per heavy atom. The molecular weight excluding hydrogens is 640 g/mol. The minimum Gasteiger partial charge on any atom is -0.463 e. The SMILES string of the molecule is [2H]CC(=O)OC[C@H]1OC(O[C@H]2[C@H](OC(C)=O)[C@@H](OC(C)=O)[C@H](OC(C)=O)O[C@@H]2COC(C)=O)[C@H](OC(=O)C[2H])[C@@H](OC(=O)C[2H])[C@@H]1OC(=O)C[2H]. The van der Waals surface area contributed by atoms with Crippen LogP contribution in [0.25, 0.3) is 0 Å². The molecule has 2 aliphatic rings. The van der Waals surface area contributed by atoms with Gasteiger partial charge in [0.05, 0.1) is 0 Å². The smallest absolute Gasteiger partial charge is 0.305 e. The van der Waals surface area contributed by atoms with Gasteiger partial charge in [-0.2, -0.15) is 0 Å². The van der Waals surface area contributed by atoms with E-state index in [0.717, 1.165) is 27.7 Å². The van der Waals surface area contributed by atoms with Crippen LogP contribution in [-0.4, -0.2) is 122 Å². The van der Waals surface area contributed by atoms with Gasteiger partial charge in [0, 0.05) is 60.8 Å². The first-order valence-corrected chi connectivity index (χ1v) is 13.6. The Kier molecular flexibility index (Phi) is 12.1. The number of hydrogen-bond acceptors (Lipinski definition) is 19. The molecule has 2 saturated heterocycles. The molecule has 10 atom stereocenters. The van der Waals surface area contributed by atoms with Crippen molar-refractivity contribution in [3.8, 4) is 0 Å². The van der Waals surface area contributed by atoms with E-state index in [1.165, 1.54) is 0 Å². The van der Waals surface area contributed by atoms with E-state index in [1.54, 1.807) is 0 Å². The third-order valence-electron chi connectivity index (χ3n) is 6.02. The van der Waals surface area contributed by atoms with Gasteiger partial charge in [0.25, 0.3) is 0 Å². The van der Waals surface area contributed by atoms with Crippen molar-refractivity contribution >= 4 is 47.8 Å². The van der Waals surface area contributed by atoms with Gasteiger partial charge >= 0.3 is 47.8 Å². The average Bonchev–Trinajstić information content (AvgIpc) is 3.06. The molecule has 0 saturated carbocycles. The highest BCUT2D eigenvalue weighted by Crippen LogP contribution is 2.35. The first-order valence-electron chi connectivity index (χ1n) is 16.4. The fraction of sp³-hybridized carbons (Fsp3) is 0.714. The molecule has 0 radical (unpaired) electrons. The third-order valence-corrected chi connectivity index (χ3v) is 6.02. The maximum atomic E-state index is 12.5. The van der Waals surface area contributed by atoms with Gasteiger partial charge in [0.2, 0.25) is 12.4 Å². The lowest BCUT2D eigenvalue weighted by atomic mass is 9.96. The minimum atomic E-state index is -2.07. The Morgan fingerprint density at radius 2 is 0.830 bits per heavy atom. The van der Waals surface area contributed by atoms with Gasteiger partial charge in [0.1, 0.15) is 31.5 Å². The van der Waals surface area contributed by atoms with Crippen LogP contribution in [0.5, 0.6) is 0 Å². The van der Waals surface area contributed by atoms with Crippen molar-refractivity contribution in [2.45, 2.75) is 117 Å². The highest BCUT2D eigenvalue weighted by atomic mass is 16.8. The second-order valence-corrected chi connectivity index (χ2v) is 9.79. The van der Waals surface area contributed by atoms with Gasteiger partial charge in [-0.1, -0.05) is 0 Å². The zero-order valence-electron chi connectivity index (χ0n) is 29.8. The van der Waals surface area contributed by atoms with Crippen molar-refractivity contribution in [3.63, 3.8) is 0 Å². The topological polar surface area (TPSA) is 238 Å². The van der Waals surface area contributed by atoms with Crippen LogP contribution in [0, 0.1) is 0 Å². The van der Waals surface area contributed by atoms with Gasteiger partial charge in [-0.3, -0.25) is 38.4 Å². The molecule has 0 aromatic heterocycles. The number of carbonyl (C=O) groups excluding carboxylic acids is 8. The van der Waals surface area contributed by atoms with Crippen LogP contribution in [0.15, 0.2) is 0 Å². The number of rotatable bonds is 12. The van der Waals surface area contributed by atoms with E-state index in [9.17, 15) is 38.4 Å². The normalized spacial score (nSPS) is 31.1. The van der Waals surface area contributed by atoms with Crippen molar-refractivity contribution in [1.29, 1.82) is 0 Å². The summed E-state index contributed by atoms with van der Waals surface area (Å²) < 4.78 is 89.1. The summed E-state index contributed by atoms with van der Waals surface area (Å²) in [6.07, 6.45) is -18.3. The molecule has 0 spiro atoms. The molecule has 2 heterocycles. The van der Waals surface area contributed by atoms with E-state index in [0.29, 0.717) is 0 Å². The molecule has 2 fully saturated rings. The van der Waals surface area contributed by atoms with E-state index < -0.39 is 150 Å². The van der Waals surface area contributed by atoms with Crippen molar-refractivity contribution in [2.24, 2.45) is 0 Å². The largest absolute Gasteiger partial charge is 0.463 e. The lowest BCUT2D eigenvalue weighted by molar-refractivity contribution is -0.357. The second-order valence-electron chi connectivity index (χ2n) is 9.79. The van der Waals surface area contributed by atoms with Crippen molar-refractivity contribution < 1.29 is 95.9 Å². The van der Waals surface area contributed by atoms with Crippen LogP contribution in [0.3, 0.4) is 0 Å². The molecule has 0 amide bonds. The molecule has 47 heavy (non-hydrogen) atoms. The van der Waals surface area contributed by atoms with Crippen LogP contribution < -0.4 is 0 Å². The van der Waals surface area contributed by atoms with Crippen LogP contribution in [0.1, 0.15) is 60.8 Å². The summed E-state index contributed by atoms with van der Waals surface area (Å²) in [4.78, 5) is 97.5. The number of esters is 8. The predicted octanol–water partition coefficient (Wildman–Crippen LogP) is -0.831. The van der Waals surface area contributed by atoms with Gasteiger partial charge < -0.3 is 52.1 Å². The molecule has 2 aliphatic heterocycles. The lowest BCUT2D eigenvalue weighted by Gasteiger charge is -2.48. The Balaban J connectivity index is 2.80. The Morgan fingerprint density at radius 1 is 0.447 bits per heavy atom. The predicted molar refractivity (Wildman–Crippen MR) is 145 cm³/mol. The molecule has 19 heteroatoms. The summed E-state index contributed by atoms with van der Waals surface area (Å²) in [5.41, 5.74) is 0. The first kappa shape index (κ1) is 32.6. The van der Waals surface area contributed by atoms with Gasteiger partial charge in [-0.15, -0.1) is 0 Å². The Bertz CT molecular complexity index is 1280. The highest BCUT2D eigenvalue weighted by molar-refractivity contribution is 5.70. The molecule has 0 aliphatic carbocycles. The van der Waals surface area contributed by atoms with Crippen molar-refractivity contribution in [2.75, 3.05) is 13.2 Å². The zero-order chi connectivity index (χ0) is 38.4. The molecular formula is C28H38O19. The van der Waals surface area contributed by atoms with Crippen LogP contribution in [0.2, 0.25) is 0 Å². The average molecular weight is 683 g/mol. The number of ether oxygens (including phenoxy) is 11. The standard InChI is InChI=1S/C28H38O19/c1-11(29)37-9-19-21(39-13(3)31)23(40-14(4)32)26(43-17(7)35)28(46-19)47-22-20(10-38-12(2)30)45-27(44-18(8)36)25(42-16(6)34)24(22)41-15(5)33/h19-28H,9-10H2,1-8H3/t19-,20-,21-,22-,23+,24+,25-,26-,27-,28?/m1/s1/i1D,3D,4D,7D. The summed E-state index contributed by atoms with van der Waals surface area (Å²) >= 11 is 0.